The Morgan fingerprint density at radius 1 is 1.20 bits per heavy atom. The first-order valence-corrected chi connectivity index (χ1v) is 5.34. The highest BCUT2D eigenvalue weighted by molar-refractivity contribution is 9.10. The molecule has 0 saturated heterocycles. The molecule has 0 aliphatic carbocycles. The fourth-order valence-electron chi connectivity index (χ4n) is 1.16. The predicted octanol–water partition coefficient (Wildman–Crippen LogP) is 2.12. The van der Waals surface area contributed by atoms with Crippen LogP contribution in [0.1, 0.15) is 11.4 Å². The number of hydrogen-bond donors (Lipinski definition) is 1. The van der Waals surface area contributed by atoms with Crippen LogP contribution in [0.3, 0.4) is 0 Å². The van der Waals surface area contributed by atoms with E-state index in [9.17, 15) is 0 Å². The highest BCUT2D eigenvalue weighted by atomic mass is 79.9. The number of hydrogen-bond acceptors (Lipinski definition) is 4. The normalized spacial score (nSPS) is 10.5. The Morgan fingerprint density at radius 2 is 2.07 bits per heavy atom. The van der Waals surface area contributed by atoms with Crippen molar-refractivity contribution in [2.24, 2.45) is 0 Å². The van der Waals surface area contributed by atoms with Crippen molar-refractivity contribution >= 4 is 15.9 Å². The van der Waals surface area contributed by atoms with Crippen molar-refractivity contribution in [1.82, 2.24) is 15.5 Å². The lowest BCUT2D eigenvalue weighted by Crippen LogP contribution is -2.13. The summed E-state index contributed by atoms with van der Waals surface area (Å²) in [5.41, 5.74) is 1.90. The molecule has 0 aliphatic rings. The average molecular weight is 268 g/mol. The van der Waals surface area contributed by atoms with Gasteiger partial charge in [0.1, 0.15) is 6.26 Å². The molecular weight excluding hydrogens is 258 g/mol. The fourth-order valence-corrected chi connectivity index (χ4v) is 1.39. The maximum absolute atomic E-state index is 4.72. The van der Waals surface area contributed by atoms with E-state index in [0.29, 0.717) is 6.54 Å². The molecule has 0 unspecified atom stereocenters. The van der Waals surface area contributed by atoms with Gasteiger partial charge in [0.2, 0.25) is 0 Å². The number of nitrogens with zero attached hydrogens (tertiary/aromatic N) is 2. The quantitative estimate of drug-likeness (QED) is 0.922. The zero-order valence-electron chi connectivity index (χ0n) is 7.98. The molecule has 1 N–H and O–H groups in total. The molecule has 15 heavy (non-hydrogen) atoms. The van der Waals surface area contributed by atoms with Crippen molar-refractivity contribution in [1.29, 1.82) is 0 Å². The van der Waals surface area contributed by atoms with E-state index >= 15 is 0 Å². The van der Waals surface area contributed by atoms with Gasteiger partial charge in [0.15, 0.2) is 0 Å². The Bertz CT molecular complexity index is 399. The van der Waals surface area contributed by atoms with E-state index < -0.39 is 0 Å². The van der Waals surface area contributed by atoms with Crippen LogP contribution in [-0.4, -0.2) is 10.1 Å². The Balaban J connectivity index is 1.81. The second-order valence-electron chi connectivity index (χ2n) is 3.06. The van der Waals surface area contributed by atoms with Crippen molar-refractivity contribution in [2.75, 3.05) is 0 Å². The van der Waals surface area contributed by atoms with Gasteiger partial charge in [-0.3, -0.25) is 4.98 Å². The van der Waals surface area contributed by atoms with Crippen molar-refractivity contribution < 1.29 is 4.52 Å². The van der Waals surface area contributed by atoms with Crippen molar-refractivity contribution in [3.05, 3.63) is 46.5 Å². The van der Waals surface area contributed by atoms with E-state index in [0.717, 1.165) is 22.4 Å². The molecule has 2 aromatic heterocycles. The largest absolute Gasteiger partial charge is 0.364 e. The van der Waals surface area contributed by atoms with Gasteiger partial charge in [-0.05, 0) is 28.1 Å². The Kier molecular flexibility index (Phi) is 3.47. The summed E-state index contributed by atoms with van der Waals surface area (Å²) < 4.78 is 5.71. The van der Waals surface area contributed by atoms with Crippen LogP contribution in [0.5, 0.6) is 0 Å². The third-order valence-corrected chi connectivity index (χ3v) is 2.36. The summed E-state index contributed by atoms with van der Waals surface area (Å²) in [6.07, 6.45) is 3.35. The zero-order valence-corrected chi connectivity index (χ0v) is 9.57. The van der Waals surface area contributed by atoms with Gasteiger partial charge >= 0.3 is 0 Å². The molecule has 2 rings (SSSR count). The van der Waals surface area contributed by atoms with Crippen LogP contribution in [0, 0.1) is 0 Å². The van der Waals surface area contributed by atoms with Gasteiger partial charge in [0.05, 0.1) is 11.4 Å². The van der Waals surface area contributed by atoms with Crippen LogP contribution in [0.25, 0.3) is 0 Å². The third-order valence-electron chi connectivity index (χ3n) is 1.89. The molecule has 0 fully saturated rings. The van der Waals surface area contributed by atoms with Crippen LogP contribution >= 0.6 is 15.9 Å². The first kappa shape index (κ1) is 10.3. The summed E-state index contributed by atoms with van der Waals surface area (Å²) in [5.74, 6) is 0. The van der Waals surface area contributed by atoms with Gasteiger partial charge < -0.3 is 9.84 Å². The topological polar surface area (TPSA) is 51.0 Å². The van der Waals surface area contributed by atoms with Gasteiger partial charge in [-0.1, -0.05) is 5.16 Å². The molecule has 0 saturated carbocycles. The third kappa shape index (κ3) is 3.14. The maximum atomic E-state index is 4.72. The minimum absolute atomic E-state index is 0.689. The molecule has 0 aliphatic heterocycles. The van der Waals surface area contributed by atoms with E-state index in [4.69, 9.17) is 4.52 Å². The Hall–Kier alpha value is -1.20. The number of halogens is 1. The predicted molar refractivity (Wildman–Crippen MR) is 59.0 cm³/mol. The molecule has 2 heterocycles. The lowest BCUT2D eigenvalue weighted by Gasteiger charge is -2.01. The molecule has 0 spiro atoms. The Morgan fingerprint density at radius 3 is 2.73 bits per heavy atom. The van der Waals surface area contributed by atoms with Gasteiger partial charge in [-0.2, -0.15) is 0 Å². The number of rotatable bonds is 4. The van der Waals surface area contributed by atoms with Crippen LogP contribution in [0.15, 0.2) is 39.7 Å². The minimum atomic E-state index is 0.689. The van der Waals surface area contributed by atoms with E-state index in [1.54, 1.807) is 12.5 Å². The lowest BCUT2D eigenvalue weighted by atomic mass is 10.3. The van der Waals surface area contributed by atoms with Gasteiger partial charge in [0, 0.05) is 29.8 Å². The van der Waals surface area contributed by atoms with Crippen molar-refractivity contribution in [3.8, 4) is 0 Å². The zero-order chi connectivity index (χ0) is 10.5. The van der Waals surface area contributed by atoms with E-state index in [-0.39, 0.29) is 0 Å². The smallest absolute Gasteiger partial charge is 0.124 e. The first-order valence-electron chi connectivity index (χ1n) is 4.55. The molecule has 78 valence electrons. The highest BCUT2D eigenvalue weighted by Crippen LogP contribution is 2.07. The second kappa shape index (κ2) is 5.04. The highest BCUT2D eigenvalue weighted by Gasteiger charge is 1.97. The van der Waals surface area contributed by atoms with Crippen LogP contribution in [0.2, 0.25) is 0 Å². The van der Waals surface area contributed by atoms with E-state index in [1.807, 2.05) is 18.2 Å². The van der Waals surface area contributed by atoms with Gasteiger partial charge in [-0.15, -0.1) is 0 Å². The number of aromatic nitrogens is 2. The van der Waals surface area contributed by atoms with Crippen LogP contribution in [-0.2, 0) is 13.1 Å². The summed E-state index contributed by atoms with van der Waals surface area (Å²) in [5, 5.41) is 7.02. The van der Waals surface area contributed by atoms with Gasteiger partial charge in [-0.25, -0.2) is 0 Å². The summed E-state index contributed by atoms with van der Waals surface area (Å²) in [6.45, 7) is 1.41. The fraction of sp³-hybridized carbons (Fsp3) is 0.200. The summed E-state index contributed by atoms with van der Waals surface area (Å²) >= 11 is 3.34. The number of nitrogens with one attached hydrogen (secondary N) is 1. The molecule has 4 nitrogen and oxygen atoms in total. The summed E-state index contributed by atoms with van der Waals surface area (Å²) in [4.78, 5) is 4.24. The second-order valence-corrected chi connectivity index (χ2v) is 3.98. The molecule has 0 atom stereocenters. The lowest BCUT2D eigenvalue weighted by molar-refractivity contribution is 0.408. The monoisotopic (exact) mass is 267 g/mol. The standard InChI is InChI=1S/C10H10BrN3O/c11-8-1-2-9(13-5-8)6-12-7-10-3-4-15-14-10/h1-5,12H,6-7H2. The molecule has 0 bridgehead atoms. The number of pyridine rings is 1. The Labute approximate surface area is 95.8 Å². The molecule has 0 radical (unpaired) electrons. The molecule has 2 aromatic rings. The summed E-state index contributed by atoms with van der Waals surface area (Å²) in [7, 11) is 0. The van der Waals surface area contributed by atoms with E-state index in [1.165, 1.54) is 0 Å². The van der Waals surface area contributed by atoms with Crippen LogP contribution in [0.4, 0.5) is 0 Å². The molecular formula is C10H10BrN3O. The van der Waals surface area contributed by atoms with Crippen molar-refractivity contribution in [3.63, 3.8) is 0 Å². The minimum Gasteiger partial charge on any atom is -0.364 e. The van der Waals surface area contributed by atoms with Crippen LogP contribution < -0.4 is 5.32 Å². The van der Waals surface area contributed by atoms with E-state index in [2.05, 4.69) is 31.4 Å². The average Bonchev–Trinajstić information content (AvgIpc) is 2.74. The SMILES string of the molecule is Brc1ccc(CNCc2ccon2)nc1. The summed E-state index contributed by atoms with van der Waals surface area (Å²) in [6, 6.07) is 5.78. The molecule has 0 amide bonds. The first-order chi connectivity index (χ1) is 7.34. The maximum Gasteiger partial charge on any atom is 0.124 e. The molecule has 5 heteroatoms. The molecule has 0 aromatic carbocycles. The van der Waals surface area contributed by atoms with Crippen molar-refractivity contribution in [2.45, 2.75) is 13.1 Å². The van der Waals surface area contributed by atoms with Gasteiger partial charge in [0.25, 0.3) is 0 Å².